The van der Waals surface area contributed by atoms with Gasteiger partial charge in [-0.1, -0.05) is 36.4 Å². The van der Waals surface area contributed by atoms with Crippen molar-refractivity contribution in [2.45, 2.75) is 12.8 Å². The Morgan fingerprint density at radius 3 is 2.30 bits per heavy atom. The average molecular weight is 301 g/mol. The van der Waals surface area contributed by atoms with Crippen LogP contribution in [0.25, 0.3) is 16.7 Å². The van der Waals surface area contributed by atoms with Crippen LogP contribution in [0.4, 0.5) is 4.39 Å². The van der Waals surface area contributed by atoms with Gasteiger partial charge in [0.15, 0.2) is 0 Å². The largest absolute Gasteiger partial charge is 0.265 e. The fraction of sp³-hybridized carbons (Fsp3) is 0.0952. The van der Waals surface area contributed by atoms with Crippen molar-refractivity contribution in [2.24, 2.45) is 0 Å². The van der Waals surface area contributed by atoms with E-state index in [-0.39, 0.29) is 5.82 Å². The molecule has 2 aromatic carbocycles. The number of fused-ring (bicyclic) bond motifs is 1. The molecule has 112 valence electrons. The summed E-state index contributed by atoms with van der Waals surface area (Å²) in [7, 11) is 0. The zero-order valence-electron chi connectivity index (χ0n) is 12.7. The summed E-state index contributed by atoms with van der Waals surface area (Å²) in [4.78, 5) is 4.10. The molecule has 0 N–H and O–H groups in total. The highest BCUT2D eigenvalue weighted by molar-refractivity contribution is 5.83. The lowest BCUT2D eigenvalue weighted by Crippen LogP contribution is -2.01. The van der Waals surface area contributed by atoms with Gasteiger partial charge in [-0.05, 0) is 70.5 Å². The first-order valence-corrected chi connectivity index (χ1v) is 7.81. The molecule has 0 aliphatic heterocycles. The molecule has 1 heterocycles. The number of pyridine rings is 1. The Balaban J connectivity index is 1.76. The SMILES string of the molecule is Fc1ccc(-c2ccc3c(c2)CCC=C3c2ccncc2)cc1. The lowest BCUT2D eigenvalue weighted by Gasteiger charge is -2.19. The molecule has 0 saturated heterocycles. The summed E-state index contributed by atoms with van der Waals surface area (Å²) in [5.41, 5.74) is 7.30. The van der Waals surface area contributed by atoms with Crippen LogP contribution in [-0.2, 0) is 6.42 Å². The highest BCUT2D eigenvalue weighted by Gasteiger charge is 2.15. The first kappa shape index (κ1) is 13.9. The van der Waals surface area contributed by atoms with Gasteiger partial charge in [0.25, 0.3) is 0 Å². The molecular formula is C21H16FN. The van der Waals surface area contributed by atoms with Gasteiger partial charge in [0, 0.05) is 12.4 Å². The van der Waals surface area contributed by atoms with E-state index in [1.165, 1.54) is 34.4 Å². The van der Waals surface area contributed by atoms with Gasteiger partial charge in [-0.2, -0.15) is 0 Å². The van der Waals surface area contributed by atoms with Gasteiger partial charge in [0.2, 0.25) is 0 Å². The fourth-order valence-corrected chi connectivity index (χ4v) is 3.17. The zero-order valence-corrected chi connectivity index (χ0v) is 12.7. The quantitative estimate of drug-likeness (QED) is 0.628. The van der Waals surface area contributed by atoms with E-state index < -0.39 is 0 Å². The van der Waals surface area contributed by atoms with Gasteiger partial charge in [-0.3, -0.25) is 4.98 Å². The first-order valence-electron chi connectivity index (χ1n) is 7.81. The van der Waals surface area contributed by atoms with Crippen molar-refractivity contribution in [1.29, 1.82) is 0 Å². The van der Waals surface area contributed by atoms with Crippen LogP contribution >= 0.6 is 0 Å². The summed E-state index contributed by atoms with van der Waals surface area (Å²) in [6.07, 6.45) is 8.04. The molecule has 2 heteroatoms. The van der Waals surface area contributed by atoms with Crippen LogP contribution in [0.2, 0.25) is 0 Å². The van der Waals surface area contributed by atoms with E-state index in [2.05, 4.69) is 41.4 Å². The third-order valence-corrected chi connectivity index (χ3v) is 4.33. The van der Waals surface area contributed by atoms with Crippen molar-refractivity contribution in [3.05, 3.63) is 95.6 Å². The van der Waals surface area contributed by atoms with Crippen molar-refractivity contribution in [3.8, 4) is 11.1 Å². The van der Waals surface area contributed by atoms with E-state index in [0.29, 0.717) is 0 Å². The Bertz CT molecular complexity index is 864. The van der Waals surface area contributed by atoms with Crippen LogP contribution < -0.4 is 0 Å². The van der Waals surface area contributed by atoms with E-state index in [1.54, 1.807) is 0 Å². The molecule has 0 atom stereocenters. The normalized spacial score (nSPS) is 13.3. The smallest absolute Gasteiger partial charge is 0.123 e. The summed E-state index contributed by atoms with van der Waals surface area (Å²) in [5, 5.41) is 0. The maximum absolute atomic E-state index is 13.1. The Morgan fingerprint density at radius 1 is 0.783 bits per heavy atom. The number of allylic oxidation sites excluding steroid dienone is 1. The molecule has 0 spiro atoms. The summed E-state index contributed by atoms with van der Waals surface area (Å²) in [6, 6.07) is 17.3. The van der Waals surface area contributed by atoms with Gasteiger partial charge >= 0.3 is 0 Å². The maximum atomic E-state index is 13.1. The van der Waals surface area contributed by atoms with Crippen molar-refractivity contribution in [1.82, 2.24) is 4.98 Å². The number of benzene rings is 2. The fourth-order valence-electron chi connectivity index (χ4n) is 3.17. The van der Waals surface area contributed by atoms with Crippen molar-refractivity contribution in [3.63, 3.8) is 0 Å². The van der Waals surface area contributed by atoms with Crippen molar-refractivity contribution >= 4 is 5.57 Å². The van der Waals surface area contributed by atoms with Gasteiger partial charge in [0.1, 0.15) is 5.82 Å². The van der Waals surface area contributed by atoms with E-state index in [1.807, 2.05) is 24.5 Å². The molecule has 1 aromatic heterocycles. The molecule has 0 saturated carbocycles. The van der Waals surface area contributed by atoms with Gasteiger partial charge in [0.05, 0.1) is 0 Å². The number of aromatic nitrogens is 1. The highest BCUT2D eigenvalue weighted by Crippen LogP contribution is 2.34. The molecule has 0 unspecified atom stereocenters. The number of hydrogen-bond acceptors (Lipinski definition) is 1. The maximum Gasteiger partial charge on any atom is 0.123 e. The Hall–Kier alpha value is -2.74. The third-order valence-electron chi connectivity index (χ3n) is 4.33. The minimum atomic E-state index is -0.199. The molecule has 0 bridgehead atoms. The summed E-state index contributed by atoms with van der Waals surface area (Å²) in [6.45, 7) is 0. The number of halogens is 1. The van der Waals surface area contributed by atoms with Crippen molar-refractivity contribution < 1.29 is 4.39 Å². The molecule has 23 heavy (non-hydrogen) atoms. The third kappa shape index (κ3) is 2.68. The molecule has 1 nitrogen and oxygen atoms in total. The monoisotopic (exact) mass is 301 g/mol. The number of nitrogens with zero attached hydrogens (tertiary/aromatic N) is 1. The van der Waals surface area contributed by atoms with Crippen molar-refractivity contribution in [2.75, 3.05) is 0 Å². The lowest BCUT2D eigenvalue weighted by atomic mass is 9.85. The Kier molecular flexibility index (Phi) is 3.51. The van der Waals surface area contributed by atoms with Crippen LogP contribution in [0.5, 0.6) is 0 Å². The average Bonchev–Trinajstić information content (AvgIpc) is 2.62. The standard InChI is InChI=1S/C21H16FN/c22-19-7-4-15(5-8-19)17-6-9-21-18(14-17)2-1-3-20(21)16-10-12-23-13-11-16/h3-14H,1-2H2. The van der Waals surface area contributed by atoms with E-state index in [4.69, 9.17) is 0 Å². The van der Waals surface area contributed by atoms with E-state index >= 15 is 0 Å². The number of aryl methyl sites for hydroxylation is 1. The van der Waals surface area contributed by atoms with Gasteiger partial charge < -0.3 is 0 Å². The van der Waals surface area contributed by atoms with Gasteiger partial charge in [-0.15, -0.1) is 0 Å². The number of rotatable bonds is 2. The minimum Gasteiger partial charge on any atom is -0.265 e. The topological polar surface area (TPSA) is 12.9 Å². The molecule has 0 amide bonds. The number of hydrogen-bond donors (Lipinski definition) is 0. The second kappa shape index (κ2) is 5.81. The van der Waals surface area contributed by atoms with E-state index in [0.717, 1.165) is 24.0 Å². The molecule has 1 aliphatic carbocycles. The second-order valence-electron chi connectivity index (χ2n) is 5.77. The van der Waals surface area contributed by atoms with Gasteiger partial charge in [-0.25, -0.2) is 4.39 Å². The molecule has 0 radical (unpaired) electrons. The predicted molar refractivity (Wildman–Crippen MR) is 91.5 cm³/mol. The highest BCUT2D eigenvalue weighted by atomic mass is 19.1. The molecule has 1 aliphatic rings. The first-order chi connectivity index (χ1) is 11.3. The summed E-state index contributed by atoms with van der Waals surface area (Å²) in [5.74, 6) is -0.199. The summed E-state index contributed by atoms with van der Waals surface area (Å²) >= 11 is 0. The molecule has 3 aromatic rings. The van der Waals surface area contributed by atoms with Crippen LogP contribution in [0, 0.1) is 5.82 Å². The van der Waals surface area contributed by atoms with Crippen LogP contribution in [-0.4, -0.2) is 4.98 Å². The molecular weight excluding hydrogens is 285 g/mol. The van der Waals surface area contributed by atoms with E-state index in [9.17, 15) is 4.39 Å². The summed E-state index contributed by atoms with van der Waals surface area (Å²) < 4.78 is 13.1. The molecule has 4 rings (SSSR count). The minimum absolute atomic E-state index is 0.199. The van der Waals surface area contributed by atoms with Crippen LogP contribution in [0.15, 0.2) is 73.1 Å². The zero-order chi connectivity index (χ0) is 15.6. The Labute approximate surface area is 135 Å². The lowest BCUT2D eigenvalue weighted by molar-refractivity contribution is 0.628. The Morgan fingerprint density at radius 2 is 1.52 bits per heavy atom. The van der Waals surface area contributed by atoms with Crippen LogP contribution in [0.3, 0.4) is 0 Å². The van der Waals surface area contributed by atoms with Crippen LogP contribution in [0.1, 0.15) is 23.1 Å². The predicted octanol–water partition coefficient (Wildman–Crippen LogP) is 5.27. The molecule has 0 fully saturated rings. The second-order valence-corrected chi connectivity index (χ2v) is 5.77.